The molecule has 1 aliphatic rings. The number of halogens is 1. The lowest BCUT2D eigenvalue weighted by molar-refractivity contribution is -0.134. The lowest BCUT2D eigenvalue weighted by atomic mass is 9.98. The van der Waals surface area contributed by atoms with Crippen LogP contribution in [0.15, 0.2) is 85.2 Å². The van der Waals surface area contributed by atoms with Gasteiger partial charge in [0, 0.05) is 74.9 Å². The summed E-state index contributed by atoms with van der Waals surface area (Å²) in [6.45, 7) is 12.5. The highest BCUT2D eigenvalue weighted by molar-refractivity contribution is 5.89. The van der Waals surface area contributed by atoms with Gasteiger partial charge in [0.05, 0.1) is 11.4 Å². The summed E-state index contributed by atoms with van der Waals surface area (Å²) in [5, 5.41) is 15.6. The molecule has 2 aromatic carbocycles. The van der Waals surface area contributed by atoms with Crippen LogP contribution in [0.1, 0.15) is 27.8 Å². The van der Waals surface area contributed by atoms with Gasteiger partial charge in [-0.05, 0) is 109 Å². The number of carboxylic acids is 2. The van der Waals surface area contributed by atoms with E-state index < -0.39 is 11.9 Å². The van der Waals surface area contributed by atoms with E-state index in [1.165, 1.54) is 45.5 Å². The minimum Gasteiger partial charge on any atom is -0.478 e. The molecule has 0 aliphatic carbocycles. The zero-order valence-electron chi connectivity index (χ0n) is 25.2. The third kappa shape index (κ3) is 9.39. The SMILES string of the molecule is Cc1cc(-c2cc(CN3CCN(Cc4ccnc(-c5ccc(F)cc5)c4)CC3)ccn2)cc(C)c1C.O=C(O)/C=C\C(=O)O. The highest BCUT2D eigenvalue weighted by Crippen LogP contribution is 2.25. The molecule has 0 spiro atoms. The fraction of sp³-hybridized carbons (Fsp3) is 0.257. The molecule has 8 nitrogen and oxygen atoms in total. The Bertz CT molecular complexity index is 1590. The highest BCUT2D eigenvalue weighted by atomic mass is 19.1. The number of pyridine rings is 2. The molecule has 1 fully saturated rings. The second-order valence-corrected chi connectivity index (χ2v) is 10.9. The number of rotatable bonds is 8. The molecule has 9 heteroatoms. The number of aryl methyl sites for hydroxylation is 2. The first-order chi connectivity index (χ1) is 21.1. The number of piperazine rings is 1. The average molecular weight is 597 g/mol. The second kappa shape index (κ2) is 15.1. The molecule has 228 valence electrons. The predicted molar refractivity (Wildman–Crippen MR) is 168 cm³/mol. The van der Waals surface area contributed by atoms with Crippen LogP contribution < -0.4 is 0 Å². The van der Waals surface area contributed by atoms with Gasteiger partial charge < -0.3 is 10.2 Å². The monoisotopic (exact) mass is 596 g/mol. The lowest BCUT2D eigenvalue weighted by Crippen LogP contribution is -2.45. The third-order valence-electron chi connectivity index (χ3n) is 7.66. The summed E-state index contributed by atoms with van der Waals surface area (Å²) in [5.41, 5.74) is 10.6. The van der Waals surface area contributed by atoms with Crippen LogP contribution in [-0.2, 0) is 22.7 Å². The number of benzene rings is 2. The Morgan fingerprint density at radius 3 is 1.57 bits per heavy atom. The van der Waals surface area contributed by atoms with Crippen LogP contribution in [0.2, 0.25) is 0 Å². The molecule has 0 amide bonds. The summed E-state index contributed by atoms with van der Waals surface area (Å²) in [6.07, 6.45) is 4.90. The van der Waals surface area contributed by atoms with Gasteiger partial charge in [-0.25, -0.2) is 14.0 Å². The maximum absolute atomic E-state index is 13.3. The molecule has 0 radical (unpaired) electrons. The van der Waals surface area contributed by atoms with E-state index in [9.17, 15) is 14.0 Å². The third-order valence-corrected chi connectivity index (χ3v) is 7.66. The number of nitrogens with zero attached hydrogens (tertiary/aromatic N) is 4. The van der Waals surface area contributed by atoms with Gasteiger partial charge in [0.1, 0.15) is 5.82 Å². The first kappa shape index (κ1) is 32.2. The Hall–Kier alpha value is -4.73. The summed E-state index contributed by atoms with van der Waals surface area (Å²) in [4.78, 5) is 33.3. The molecule has 0 bridgehead atoms. The molecule has 0 unspecified atom stereocenters. The number of carbonyl (C=O) groups is 2. The van der Waals surface area contributed by atoms with E-state index in [4.69, 9.17) is 10.2 Å². The molecule has 4 aromatic rings. The zero-order valence-corrected chi connectivity index (χ0v) is 25.2. The van der Waals surface area contributed by atoms with E-state index in [-0.39, 0.29) is 5.82 Å². The topological polar surface area (TPSA) is 107 Å². The van der Waals surface area contributed by atoms with Crippen molar-refractivity contribution in [3.63, 3.8) is 0 Å². The Kier molecular flexibility index (Phi) is 11.1. The summed E-state index contributed by atoms with van der Waals surface area (Å²) in [7, 11) is 0. The van der Waals surface area contributed by atoms with Crippen LogP contribution in [-0.4, -0.2) is 68.1 Å². The van der Waals surface area contributed by atoms with Gasteiger partial charge in [0.15, 0.2) is 0 Å². The van der Waals surface area contributed by atoms with Crippen molar-refractivity contribution in [3.05, 3.63) is 119 Å². The van der Waals surface area contributed by atoms with Crippen molar-refractivity contribution in [2.45, 2.75) is 33.9 Å². The fourth-order valence-electron chi connectivity index (χ4n) is 5.03. The molecule has 1 aliphatic heterocycles. The molecule has 0 atom stereocenters. The molecule has 44 heavy (non-hydrogen) atoms. The summed E-state index contributed by atoms with van der Waals surface area (Å²) < 4.78 is 13.3. The largest absolute Gasteiger partial charge is 0.478 e. The van der Waals surface area contributed by atoms with E-state index >= 15 is 0 Å². The quantitative estimate of drug-likeness (QED) is 0.242. The van der Waals surface area contributed by atoms with Gasteiger partial charge in [-0.15, -0.1) is 0 Å². The second-order valence-electron chi connectivity index (χ2n) is 10.9. The summed E-state index contributed by atoms with van der Waals surface area (Å²) in [6, 6.07) is 19.6. The van der Waals surface area contributed by atoms with Gasteiger partial charge in [-0.1, -0.05) is 0 Å². The standard InChI is InChI=1S/C31H33FN4.C4H4O4/c1-22-16-28(17-23(2)24(22)3)31-19-26(9-11-34-31)21-36-14-12-35(13-15-36)20-25-8-10-33-30(18-25)27-4-6-29(32)7-5-27;5-3(6)1-2-4(7)8/h4-11,16-19H,12-15,20-21H2,1-3H3;1-2H,(H,5,6)(H,7,8)/b;2-1-. The van der Waals surface area contributed by atoms with Gasteiger partial charge in [-0.2, -0.15) is 0 Å². The summed E-state index contributed by atoms with van der Waals surface area (Å²) >= 11 is 0. The van der Waals surface area contributed by atoms with E-state index in [0.717, 1.165) is 56.2 Å². The number of aromatic nitrogens is 2. The average Bonchev–Trinajstić information content (AvgIpc) is 3.00. The van der Waals surface area contributed by atoms with Gasteiger partial charge >= 0.3 is 11.9 Å². The number of aliphatic carboxylic acids is 2. The number of hydrogen-bond acceptors (Lipinski definition) is 6. The highest BCUT2D eigenvalue weighted by Gasteiger charge is 2.18. The number of hydrogen-bond donors (Lipinski definition) is 2. The maximum Gasteiger partial charge on any atom is 0.328 e. The Labute approximate surface area is 257 Å². The maximum atomic E-state index is 13.3. The smallest absolute Gasteiger partial charge is 0.328 e. The molecular formula is C35H37FN4O4. The Morgan fingerprint density at radius 2 is 1.14 bits per heavy atom. The van der Waals surface area contributed by atoms with E-state index in [1.54, 1.807) is 12.1 Å². The van der Waals surface area contributed by atoms with Gasteiger partial charge in [0.2, 0.25) is 0 Å². The van der Waals surface area contributed by atoms with Crippen molar-refractivity contribution < 1.29 is 24.2 Å². The lowest BCUT2D eigenvalue weighted by Gasteiger charge is -2.34. The minimum atomic E-state index is -1.26. The van der Waals surface area contributed by atoms with Crippen LogP contribution in [0, 0.1) is 26.6 Å². The van der Waals surface area contributed by atoms with E-state index in [1.807, 2.05) is 12.4 Å². The predicted octanol–water partition coefficient (Wildman–Crippen LogP) is 5.90. The van der Waals surface area contributed by atoms with Crippen molar-refractivity contribution in [1.29, 1.82) is 0 Å². The van der Waals surface area contributed by atoms with Crippen molar-refractivity contribution in [3.8, 4) is 22.5 Å². The Morgan fingerprint density at radius 1 is 0.705 bits per heavy atom. The normalized spacial score (nSPS) is 13.8. The molecule has 2 aromatic heterocycles. The summed E-state index contributed by atoms with van der Waals surface area (Å²) in [5.74, 6) is -2.74. The minimum absolute atomic E-state index is 0.226. The van der Waals surface area contributed by atoms with Crippen LogP contribution in [0.5, 0.6) is 0 Å². The molecule has 0 saturated carbocycles. The number of carboxylic acid groups (broad SMARTS) is 2. The zero-order chi connectivity index (χ0) is 31.6. The Balaban J connectivity index is 0.000000488. The van der Waals surface area contributed by atoms with Crippen LogP contribution >= 0.6 is 0 Å². The first-order valence-electron chi connectivity index (χ1n) is 14.4. The van der Waals surface area contributed by atoms with Crippen LogP contribution in [0.4, 0.5) is 4.39 Å². The van der Waals surface area contributed by atoms with Crippen molar-refractivity contribution >= 4 is 11.9 Å². The molecular weight excluding hydrogens is 559 g/mol. The van der Waals surface area contributed by atoms with E-state index in [2.05, 4.69) is 76.9 Å². The van der Waals surface area contributed by atoms with E-state index in [0.29, 0.717) is 12.2 Å². The molecule has 3 heterocycles. The van der Waals surface area contributed by atoms with Gasteiger partial charge in [-0.3, -0.25) is 19.8 Å². The molecule has 2 N–H and O–H groups in total. The molecule has 5 rings (SSSR count). The molecule has 1 saturated heterocycles. The van der Waals surface area contributed by atoms with Crippen LogP contribution in [0.25, 0.3) is 22.5 Å². The van der Waals surface area contributed by atoms with Crippen LogP contribution in [0.3, 0.4) is 0 Å². The van der Waals surface area contributed by atoms with Crippen molar-refractivity contribution in [2.75, 3.05) is 26.2 Å². The fourth-order valence-corrected chi connectivity index (χ4v) is 5.03. The van der Waals surface area contributed by atoms with Crippen molar-refractivity contribution in [1.82, 2.24) is 19.8 Å². The van der Waals surface area contributed by atoms with Crippen molar-refractivity contribution in [2.24, 2.45) is 0 Å². The first-order valence-corrected chi connectivity index (χ1v) is 14.4. The van der Waals surface area contributed by atoms with Gasteiger partial charge in [0.25, 0.3) is 0 Å².